The van der Waals surface area contributed by atoms with Crippen LogP contribution in [0.25, 0.3) is 0 Å². The number of carboxylic acids is 1. The Morgan fingerprint density at radius 3 is 2.11 bits per heavy atom. The van der Waals surface area contributed by atoms with Gasteiger partial charge in [-0.15, -0.1) is 0 Å². The van der Waals surface area contributed by atoms with Crippen molar-refractivity contribution in [3.8, 4) is 0 Å². The van der Waals surface area contributed by atoms with Gasteiger partial charge < -0.3 is 20.5 Å². The minimum absolute atomic E-state index is 0.0102. The van der Waals surface area contributed by atoms with Gasteiger partial charge in [-0.3, -0.25) is 14.4 Å². The van der Waals surface area contributed by atoms with Crippen LogP contribution in [-0.2, 0) is 25.7 Å². The molecule has 5 fully saturated rings. The van der Waals surface area contributed by atoms with Crippen LogP contribution in [0.3, 0.4) is 0 Å². The van der Waals surface area contributed by atoms with Gasteiger partial charge in [0.15, 0.2) is 0 Å². The molecule has 7 nitrogen and oxygen atoms in total. The number of carboxylic acid groups (broad SMARTS) is 1. The standard InChI is InChI=1S/C48H72N2O5.C2H6/c1-30(2)35-18-23-48(27-40(52)49-29-33-12-14-34(15-13-33)50-32(4)51)25-24-46(10)36(42(35)48)16-17-38-45(9)21-20-39(44(7,8)37(45)19-22-47(38,46)11)55-31(3)26-43(5,6)28-41(53)54;1-2/h12-15,35-39,42H,1,3,16-29H2,2,4-11H3,(H,49,52)(H,50,51)(H,53,54);1-2H3/t35-,36+,37?,38?,39-,42?,45-,46+,47+,48+;/m0./s1. The Morgan fingerprint density at radius 2 is 1.49 bits per heavy atom. The number of amides is 2. The molecule has 7 heteroatoms. The average Bonchev–Trinajstić information content (AvgIpc) is 3.49. The molecule has 3 unspecified atom stereocenters. The molecular weight excluding hydrogens is 709 g/mol. The molecule has 0 aromatic heterocycles. The lowest BCUT2D eigenvalue weighted by Gasteiger charge is -2.73. The van der Waals surface area contributed by atoms with Gasteiger partial charge in [0.2, 0.25) is 11.8 Å². The maximum atomic E-state index is 13.9. The van der Waals surface area contributed by atoms with E-state index in [1.807, 2.05) is 52.0 Å². The predicted octanol–water partition coefficient (Wildman–Crippen LogP) is 12.1. The Hall–Kier alpha value is -3.09. The molecule has 0 bridgehead atoms. The number of hydrogen-bond donors (Lipinski definition) is 3. The number of hydrogen-bond acceptors (Lipinski definition) is 4. The lowest BCUT2D eigenvalue weighted by molar-refractivity contribution is -0.249. The highest BCUT2D eigenvalue weighted by atomic mass is 16.5. The molecule has 0 saturated heterocycles. The van der Waals surface area contributed by atoms with Crippen LogP contribution in [0.15, 0.2) is 48.8 Å². The van der Waals surface area contributed by atoms with Crippen molar-refractivity contribution in [2.45, 2.75) is 172 Å². The van der Waals surface area contributed by atoms with Gasteiger partial charge >= 0.3 is 5.97 Å². The second-order valence-electron chi connectivity index (χ2n) is 21.3. The van der Waals surface area contributed by atoms with Crippen molar-refractivity contribution in [1.29, 1.82) is 0 Å². The Labute approximate surface area is 346 Å². The summed E-state index contributed by atoms with van der Waals surface area (Å²) in [7, 11) is 0. The fraction of sp³-hybridized carbons (Fsp3) is 0.740. The van der Waals surface area contributed by atoms with Crippen molar-refractivity contribution in [3.63, 3.8) is 0 Å². The number of carbonyl (C=O) groups excluding carboxylic acids is 2. The third-order valence-corrected chi connectivity index (χ3v) is 17.1. The summed E-state index contributed by atoms with van der Waals surface area (Å²) >= 11 is 0. The van der Waals surface area contributed by atoms with Crippen LogP contribution in [0.1, 0.15) is 165 Å². The third kappa shape index (κ3) is 8.38. The van der Waals surface area contributed by atoms with Gasteiger partial charge in [-0.1, -0.05) is 93.2 Å². The van der Waals surface area contributed by atoms with Gasteiger partial charge in [0.1, 0.15) is 6.10 Å². The number of anilines is 1. The highest BCUT2D eigenvalue weighted by molar-refractivity contribution is 5.88. The average molecular weight is 787 g/mol. The zero-order valence-corrected chi connectivity index (χ0v) is 37.7. The van der Waals surface area contributed by atoms with Gasteiger partial charge in [-0.2, -0.15) is 0 Å². The maximum Gasteiger partial charge on any atom is 0.303 e. The number of ether oxygens (including phenoxy) is 1. The van der Waals surface area contributed by atoms with E-state index in [0.717, 1.165) is 49.1 Å². The Balaban J connectivity index is 0.00000305. The summed E-state index contributed by atoms with van der Waals surface area (Å²) < 4.78 is 6.73. The summed E-state index contributed by atoms with van der Waals surface area (Å²) in [6, 6.07) is 7.74. The Bertz CT molecular complexity index is 1680. The van der Waals surface area contributed by atoms with Gasteiger partial charge in [-0.25, -0.2) is 0 Å². The molecule has 0 spiro atoms. The van der Waals surface area contributed by atoms with Crippen molar-refractivity contribution in [3.05, 3.63) is 54.3 Å². The molecule has 318 valence electrons. The summed E-state index contributed by atoms with van der Waals surface area (Å²) in [5.41, 5.74) is 3.31. The molecule has 1 aromatic rings. The molecule has 5 aliphatic rings. The van der Waals surface area contributed by atoms with Crippen molar-refractivity contribution >= 4 is 23.5 Å². The Kier molecular flexibility index (Phi) is 13.0. The normalized spacial score (nSPS) is 36.4. The van der Waals surface area contributed by atoms with Crippen LogP contribution in [0.4, 0.5) is 5.69 Å². The maximum absolute atomic E-state index is 13.9. The first kappa shape index (κ1) is 45.0. The van der Waals surface area contributed by atoms with Crippen LogP contribution in [0, 0.1) is 62.1 Å². The number of benzene rings is 1. The van der Waals surface area contributed by atoms with Crippen LogP contribution in [-0.4, -0.2) is 29.0 Å². The van der Waals surface area contributed by atoms with Crippen LogP contribution in [0.5, 0.6) is 0 Å². The minimum Gasteiger partial charge on any atom is -0.495 e. The highest BCUT2D eigenvalue weighted by Crippen LogP contribution is 2.78. The summed E-state index contributed by atoms with van der Waals surface area (Å²) in [5.74, 6) is 2.70. The molecule has 10 atom stereocenters. The van der Waals surface area contributed by atoms with E-state index in [1.165, 1.54) is 44.6 Å². The van der Waals surface area contributed by atoms with E-state index in [9.17, 15) is 19.5 Å². The molecule has 1 aromatic carbocycles. The second kappa shape index (κ2) is 16.5. The minimum atomic E-state index is -0.780. The van der Waals surface area contributed by atoms with Crippen molar-refractivity contribution in [1.82, 2.24) is 5.32 Å². The predicted molar refractivity (Wildman–Crippen MR) is 232 cm³/mol. The molecule has 57 heavy (non-hydrogen) atoms. The molecule has 0 aliphatic heterocycles. The summed E-state index contributed by atoms with van der Waals surface area (Å²) in [4.78, 5) is 36.8. The van der Waals surface area contributed by atoms with E-state index in [0.29, 0.717) is 49.0 Å². The SMILES string of the molecule is C=C(CC(C)(C)CC(=O)O)O[C@H]1CC[C@@]2(C)C(CC[C@]3(C)C2CC[C@@H]2C4[C@H](C(=C)C)CC[C@]4(CC(=O)NCc4ccc(NC(C)=O)cc4)CC[C@]23C)C1(C)C.CC. The first-order chi connectivity index (χ1) is 26.6. The van der Waals surface area contributed by atoms with Crippen LogP contribution in [0.2, 0.25) is 0 Å². The van der Waals surface area contributed by atoms with Crippen LogP contribution >= 0.6 is 0 Å². The van der Waals surface area contributed by atoms with E-state index in [4.69, 9.17) is 4.74 Å². The highest BCUT2D eigenvalue weighted by Gasteiger charge is 2.71. The van der Waals surface area contributed by atoms with E-state index in [1.54, 1.807) is 0 Å². The van der Waals surface area contributed by atoms with Crippen molar-refractivity contribution in [2.75, 3.05) is 5.32 Å². The summed E-state index contributed by atoms with van der Waals surface area (Å²) in [6.45, 7) is 33.9. The van der Waals surface area contributed by atoms with E-state index < -0.39 is 11.4 Å². The zero-order valence-electron chi connectivity index (χ0n) is 37.7. The molecule has 5 aliphatic carbocycles. The fourth-order valence-electron chi connectivity index (χ4n) is 14.5. The summed E-state index contributed by atoms with van der Waals surface area (Å²) in [5, 5.41) is 15.5. The van der Waals surface area contributed by atoms with Crippen LogP contribution < -0.4 is 10.6 Å². The quantitative estimate of drug-likeness (QED) is 0.145. The smallest absolute Gasteiger partial charge is 0.303 e. The van der Waals surface area contributed by atoms with Gasteiger partial charge in [-0.05, 0) is 145 Å². The van der Waals surface area contributed by atoms with E-state index in [2.05, 4.69) is 65.3 Å². The molecule has 6 rings (SSSR count). The van der Waals surface area contributed by atoms with Gasteiger partial charge in [0, 0.05) is 37.4 Å². The first-order valence-electron chi connectivity index (χ1n) is 22.4. The van der Waals surface area contributed by atoms with E-state index >= 15 is 0 Å². The number of allylic oxidation sites excluding steroid dienone is 2. The second-order valence-corrected chi connectivity index (χ2v) is 21.3. The molecule has 5 saturated carbocycles. The summed E-state index contributed by atoms with van der Waals surface area (Å²) in [6.07, 6.45) is 12.9. The zero-order chi connectivity index (χ0) is 42.4. The lowest BCUT2D eigenvalue weighted by atomic mass is 9.32. The Morgan fingerprint density at radius 1 is 0.825 bits per heavy atom. The van der Waals surface area contributed by atoms with Gasteiger partial charge in [0.25, 0.3) is 0 Å². The third-order valence-electron chi connectivity index (χ3n) is 17.1. The molecule has 0 radical (unpaired) electrons. The number of carbonyl (C=O) groups is 3. The molecule has 0 heterocycles. The molecule has 3 N–H and O–H groups in total. The first-order valence-corrected chi connectivity index (χ1v) is 22.4. The number of nitrogens with one attached hydrogen (secondary N) is 2. The fourth-order valence-corrected chi connectivity index (χ4v) is 14.5. The van der Waals surface area contributed by atoms with Gasteiger partial charge in [0.05, 0.1) is 12.2 Å². The van der Waals surface area contributed by atoms with Crippen molar-refractivity contribution < 1.29 is 24.2 Å². The lowest BCUT2D eigenvalue weighted by Crippen LogP contribution is -2.66. The molecule has 2 amide bonds. The largest absolute Gasteiger partial charge is 0.495 e. The van der Waals surface area contributed by atoms with E-state index in [-0.39, 0.29) is 51.4 Å². The number of fused-ring (bicyclic) bond motifs is 7. The number of rotatable bonds is 12. The number of aliphatic carboxylic acids is 1. The van der Waals surface area contributed by atoms with Crippen molar-refractivity contribution in [2.24, 2.45) is 62.1 Å². The topological polar surface area (TPSA) is 105 Å². The molecular formula is C50H78N2O5. The monoisotopic (exact) mass is 787 g/mol.